The zero-order chi connectivity index (χ0) is 45.8. The van der Waals surface area contributed by atoms with Crippen LogP contribution in [0.15, 0.2) is 85.1 Å². The molecule has 0 heterocycles. The molecule has 0 aliphatic carbocycles. The summed E-state index contributed by atoms with van der Waals surface area (Å²) < 4.78 is 16.8. The Labute approximate surface area is 388 Å². The molecule has 0 N–H and O–H groups in total. The smallest absolute Gasteiger partial charge is 0.306 e. The van der Waals surface area contributed by atoms with Crippen LogP contribution in [-0.2, 0) is 28.6 Å². The Morgan fingerprint density at radius 1 is 0.333 bits per heavy atom. The molecule has 0 aromatic carbocycles. The van der Waals surface area contributed by atoms with Gasteiger partial charge in [-0.2, -0.15) is 0 Å². The molecule has 6 nitrogen and oxygen atoms in total. The summed E-state index contributed by atoms with van der Waals surface area (Å²) in [6, 6.07) is 0. The first-order chi connectivity index (χ1) is 31.0. The first-order valence-corrected chi connectivity index (χ1v) is 26.2. The van der Waals surface area contributed by atoms with Crippen molar-refractivity contribution in [2.24, 2.45) is 0 Å². The lowest BCUT2D eigenvalue weighted by molar-refractivity contribution is -0.167. The van der Waals surface area contributed by atoms with Crippen molar-refractivity contribution < 1.29 is 28.6 Å². The number of rotatable bonds is 46. The molecule has 0 saturated heterocycles. The number of carbonyl (C=O) groups is 3. The van der Waals surface area contributed by atoms with E-state index in [1.165, 1.54) is 116 Å². The zero-order valence-corrected chi connectivity index (χ0v) is 41.1. The van der Waals surface area contributed by atoms with Crippen molar-refractivity contribution in [2.75, 3.05) is 13.2 Å². The lowest BCUT2D eigenvalue weighted by Crippen LogP contribution is -2.30. The van der Waals surface area contributed by atoms with E-state index >= 15 is 0 Å². The summed E-state index contributed by atoms with van der Waals surface area (Å²) in [6.07, 6.45) is 65.6. The van der Waals surface area contributed by atoms with Gasteiger partial charge in [0, 0.05) is 19.3 Å². The quantitative estimate of drug-likeness (QED) is 0.0199. The second kappa shape index (κ2) is 51.2. The van der Waals surface area contributed by atoms with Crippen molar-refractivity contribution in [2.45, 2.75) is 245 Å². The predicted octanol–water partition coefficient (Wildman–Crippen LogP) is 17.2. The van der Waals surface area contributed by atoms with Crippen molar-refractivity contribution in [3.8, 4) is 0 Å². The SMILES string of the molecule is CC\C=C/C=C\C=C/C=C\C=C\C=C/CCCCCC(=O)OCC(COC(=O)CCCCCCCCCCCCCC)OC(=O)CCCCCCC/C=C\CCCCCCCCC. The number of hydrogen-bond acceptors (Lipinski definition) is 6. The van der Waals surface area contributed by atoms with Crippen LogP contribution in [0.5, 0.6) is 0 Å². The number of carbonyl (C=O) groups excluding carboxylic acids is 3. The van der Waals surface area contributed by atoms with Crippen LogP contribution >= 0.6 is 0 Å². The van der Waals surface area contributed by atoms with Gasteiger partial charge in [0.05, 0.1) is 0 Å². The number of hydrogen-bond donors (Lipinski definition) is 0. The molecule has 0 radical (unpaired) electrons. The summed E-state index contributed by atoms with van der Waals surface area (Å²) in [7, 11) is 0. The van der Waals surface area contributed by atoms with Crippen LogP contribution < -0.4 is 0 Å². The van der Waals surface area contributed by atoms with E-state index in [0.29, 0.717) is 19.3 Å². The molecule has 0 aliphatic rings. The van der Waals surface area contributed by atoms with Crippen LogP contribution in [0.4, 0.5) is 0 Å². The summed E-state index contributed by atoms with van der Waals surface area (Å²) in [4.78, 5) is 38.0. The topological polar surface area (TPSA) is 78.9 Å². The second-order valence-corrected chi connectivity index (χ2v) is 17.2. The molecule has 1 atom stereocenters. The second-order valence-electron chi connectivity index (χ2n) is 17.2. The summed E-state index contributed by atoms with van der Waals surface area (Å²) in [5.41, 5.74) is 0. The Bertz CT molecular complexity index is 1240. The Kier molecular flexibility index (Phi) is 48.5. The highest BCUT2D eigenvalue weighted by atomic mass is 16.6. The number of allylic oxidation sites excluding steroid dienone is 14. The van der Waals surface area contributed by atoms with Crippen LogP contribution in [-0.4, -0.2) is 37.2 Å². The molecule has 360 valence electrons. The first-order valence-electron chi connectivity index (χ1n) is 26.2. The van der Waals surface area contributed by atoms with Crippen molar-refractivity contribution in [3.05, 3.63) is 85.1 Å². The molecule has 63 heavy (non-hydrogen) atoms. The average Bonchev–Trinajstić information content (AvgIpc) is 3.28. The molecule has 0 fully saturated rings. The van der Waals surface area contributed by atoms with Gasteiger partial charge < -0.3 is 14.2 Å². The van der Waals surface area contributed by atoms with Gasteiger partial charge in [-0.3, -0.25) is 14.4 Å². The van der Waals surface area contributed by atoms with Crippen molar-refractivity contribution >= 4 is 17.9 Å². The maximum absolute atomic E-state index is 12.8. The van der Waals surface area contributed by atoms with Gasteiger partial charge in [-0.1, -0.05) is 241 Å². The normalized spacial score (nSPS) is 12.7. The Hall–Kier alpha value is -3.41. The molecule has 0 saturated carbocycles. The van der Waals surface area contributed by atoms with Gasteiger partial charge in [0.2, 0.25) is 0 Å². The predicted molar refractivity (Wildman–Crippen MR) is 270 cm³/mol. The van der Waals surface area contributed by atoms with Crippen LogP contribution in [0.25, 0.3) is 0 Å². The highest BCUT2D eigenvalue weighted by molar-refractivity contribution is 5.71. The lowest BCUT2D eigenvalue weighted by Gasteiger charge is -2.18. The molecule has 6 heteroatoms. The van der Waals surface area contributed by atoms with Gasteiger partial charge in [0.15, 0.2) is 6.10 Å². The maximum atomic E-state index is 12.8. The molecule has 0 bridgehead atoms. The fourth-order valence-electron chi connectivity index (χ4n) is 7.12. The number of ether oxygens (including phenoxy) is 3. The Morgan fingerprint density at radius 2 is 0.635 bits per heavy atom. The van der Waals surface area contributed by atoms with Gasteiger partial charge >= 0.3 is 17.9 Å². The third-order valence-electron chi connectivity index (χ3n) is 11.0. The molecule has 0 spiro atoms. The molecule has 0 aliphatic heterocycles. The number of unbranched alkanes of at least 4 members (excludes halogenated alkanes) is 26. The van der Waals surface area contributed by atoms with E-state index in [0.717, 1.165) is 83.5 Å². The molecule has 0 amide bonds. The Balaban J connectivity index is 4.48. The van der Waals surface area contributed by atoms with Gasteiger partial charge in [-0.05, 0) is 64.2 Å². The summed E-state index contributed by atoms with van der Waals surface area (Å²) in [5.74, 6) is -0.946. The average molecular weight is 877 g/mol. The minimum absolute atomic E-state index is 0.0931. The fourth-order valence-corrected chi connectivity index (χ4v) is 7.12. The molecule has 0 aromatic rings. The molecule has 1 unspecified atom stereocenters. The maximum Gasteiger partial charge on any atom is 0.306 e. The van der Waals surface area contributed by atoms with Gasteiger partial charge in [-0.25, -0.2) is 0 Å². The first kappa shape index (κ1) is 59.6. The van der Waals surface area contributed by atoms with Gasteiger partial charge in [0.1, 0.15) is 13.2 Å². The van der Waals surface area contributed by atoms with Crippen LogP contribution in [0.2, 0.25) is 0 Å². The number of esters is 3. The highest BCUT2D eigenvalue weighted by Gasteiger charge is 2.19. The fraction of sp³-hybridized carbons (Fsp3) is 0.702. The van der Waals surface area contributed by atoms with Gasteiger partial charge in [-0.15, -0.1) is 0 Å². The van der Waals surface area contributed by atoms with E-state index in [4.69, 9.17) is 14.2 Å². The van der Waals surface area contributed by atoms with E-state index in [1.807, 2.05) is 60.8 Å². The van der Waals surface area contributed by atoms with E-state index in [2.05, 4.69) is 45.1 Å². The highest BCUT2D eigenvalue weighted by Crippen LogP contribution is 2.15. The monoisotopic (exact) mass is 877 g/mol. The van der Waals surface area contributed by atoms with Crippen molar-refractivity contribution in [3.63, 3.8) is 0 Å². The van der Waals surface area contributed by atoms with Crippen LogP contribution in [0.1, 0.15) is 239 Å². The Morgan fingerprint density at radius 3 is 1.03 bits per heavy atom. The van der Waals surface area contributed by atoms with Crippen molar-refractivity contribution in [1.82, 2.24) is 0 Å². The molecular weight excluding hydrogens is 781 g/mol. The third-order valence-corrected chi connectivity index (χ3v) is 11.0. The largest absolute Gasteiger partial charge is 0.462 e. The minimum Gasteiger partial charge on any atom is -0.462 e. The van der Waals surface area contributed by atoms with E-state index in [9.17, 15) is 14.4 Å². The van der Waals surface area contributed by atoms with E-state index in [-0.39, 0.29) is 31.1 Å². The molecule has 0 aromatic heterocycles. The zero-order valence-electron chi connectivity index (χ0n) is 41.1. The molecular formula is C57H96O6. The lowest BCUT2D eigenvalue weighted by atomic mass is 10.0. The summed E-state index contributed by atoms with van der Waals surface area (Å²) in [6.45, 7) is 6.44. The van der Waals surface area contributed by atoms with Crippen molar-refractivity contribution in [1.29, 1.82) is 0 Å². The van der Waals surface area contributed by atoms with Crippen LogP contribution in [0.3, 0.4) is 0 Å². The summed E-state index contributed by atoms with van der Waals surface area (Å²) in [5, 5.41) is 0. The van der Waals surface area contributed by atoms with E-state index < -0.39 is 6.10 Å². The standard InChI is InChI=1S/C57H96O6/c1-4-7-10-13-16-19-22-25-27-29-31-32-35-38-41-44-47-50-56(59)62-53-54(52-61-55(58)49-46-43-40-37-34-24-21-18-15-12-9-6-3)63-57(60)51-48-45-42-39-36-33-30-28-26-23-20-17-14-11-8-5-2/h7,10,13,16,19,22,25,27-32,35,54H,4-6,8-9,11-12,14-15,17-18,20-21,23-24,26,33-34,36-53H2,1-3H3/b10-7-,16-13-,22-19-,27-25-,30-28-,31-29+,35-32-. The third kappa shape index (κ3) is 49.5. The summed E-state index contributed by atoms with van der Waals surface area (Å²) >= 11 is 0. The van der Waals surface area contributed by atoms with Gasteiger partial charge in [0.25, 0.3) is 0 Å². The van der Waals surface area contributed by atoms with E-state index in [1.54, 1.807) is 0 Å². The van der Waals surface area contributed by atoms with Crippen LogP contribution in [0, 0.1) is 0 Å². The minimum atomic E-state index is -0.797. The molecule has 0 rings (SSSR count).